The molecule has 3 rings (SSSR count). The lowest BCUT2D eigenvalue weighted by Gasteiger charge is -2.42. The Labute approximate surface area is 161 Å². The number of aryl methyl sites for hydroxylation is 1. The van der Waals surface area contributed by atoms with Gasteiger partial charge in [0.05, 0.1) is 6.54 Å². The zero-order valence-corrected chi connectivity index (χ0v) is 16.3. The van der Waals surface area contributed by atoms with Crippen LogP contribution in [0.5, 0.6) is 0 Å². The fraction of sp³-hybridized carbons (Fsp3) is 0.619. The summed E-state index contributed by atoms with van der Waals surface area (Å²) >= 11 is 0. The summed E-state index contributed by atoms with van der Waals surface area (Å²) in [5.74, 6) is -0.799. The van der Waals surface area contributed by atoms with Crippen LogP contribution in [0.15, 0.2) is 24.3 Å². The van der Waals surface area contributed by atoms with Crippen LogP contribution >= 0.6 is 0 Å². The zero-order valence-electron chi connectivity index (χ0n) is 16.3. The molecule has 1 atom stereocenters. The SMILES string of the molecule is CCN(CC(=O)O)C1CC(NC(=O)NCC2(C)CCCc3ccccc32)C1. The molecule has 0 bridgehead atoms. The number of amides is 2. The van der Waals surface area contributed by atoms with E-state index in [1.54, 1.807) is 0 Å². The van der Waals surface area contributed by atoms with Gasteiger partial charge in [-0.25, -0.2) is 4.79 Å². The molecule has 0 aliphatic heterocycles. The summed E-state index contributed by atoms with van der Waals surface area (Å²) in [5.41, 5.74) is 2.73. The number of hydrogen-bond donors (Lipinski definition) is 3. The largest absolute Gasteiger partial charge is 0.480 e. The van der Waals surface area contributed by atoms with Crippen LogP contribution < -0.4 is 10.6 Å². The summed E-state index contributed by atoms with van der Waals surface area (Å²) < 4.78 is 0. The molecular weight excluding hydrogens is 342 g/mol. The fourth-order valence-electron chi connectivity index (χ4n) is 4.50. The highest BCUT2D eigenvalue weighted by atomic mass is 16.4. The van der Waals surface area contributed by atoms with Gasteiger partial charge in [0.15, 0.2) is 0 Å². The molecular formula is C21H31N3O3. The van der Waals surface area contributed by atoms with Gasteiger partial charge < -0.3 is 15.7 Å². The van der Waals surface area contributed by atoms with E-state index < -0.39 is 5.97 Å². The summed E-state index contributed by atoms with van der Waals surface area (Å²) in [4.78, 5) is 25.2. The summed E-state index contributed by atoms with van der Waals surface area (Å²) in [7, 11) is 0. The molecule has 0 spiro atoms. The molecule has 148 valence electrons. The Morgan fingerprint density at radius 2 is 2.04 bits per heavy atom. The molecule has 0 radical (unpaired) electrons. The Morgan fingerprint density at radius 3 is 2.74 bits per heavy atom. The molecule has 1 unspecified atom stereocenters. The van der Waals surface area contributed by atoms with Gasteiger partial charge in [-0.2, -0.15) is 0 Å². The van der Waals surface area contributed by atoms with E-state index in [1.165, 1.54) is 11.1 Å². The third kappa shape index (κ3) is 4.61. The molecule has 27 heavy (non-hydrogen) atoms. The van der Waals surface area contributed by atoms with E-state index >= 15 is 0 Å². The predicted molar refractivity (Wildman–Crippen MR) is 105 cm³/mol. The van der Waals surface area contributed by atoms with Crippen LogP contribution in [0.4, 0.5) is 4.79 Å². The highest BCUT2D eigenvalue weighted by Gasteiger charge is 2.36. The fourth-order valence-corrected chi connectivity index (χ4v) is 4.50. The van der Waals surface area contributed by atoms with Crippen LogP contribution in [0.2, 0.25) is 0 Å². The number of likely N-dealkylation sites (N-methyl/N-ethyl adjacent to an activating group) is 1. The maximum atomic E-state index is 12.3. The van der Waals surface area contributed by atoms with E-state index in [2.05, 4.69) is 41.8 Å². The molecule has 2 amide bonds. The van der Waals surface area contributed by atoms with Gasteiger partial charge in [-0.05, 0) is 49.8 Å². The molecule has 3 N–H and O–H groups in total. The lowest BCUT2D eigenvalue weighted by Crippen LogP contribution is -2.57. The van der Waals surface area contributed by atoms with Gasteiger partial charge in [-0.3, -0.25) is 9.69 Å². The molecule has 1 saturated carbocycles. The average Bonchev–Trinajstić information content (AvgIpc) is 2.61. The number of carbonyl (C=O) groups is 2. The molecule has 0 heterocycles. The number of rotatable bonds is 7. The van der Waals surface area contributed by atoms with Gasteiger partial charge in [0.25, 0.3) is 0 Å². The van der Waals surface area contributed by atoms with Crippen molar-refractivity contribution < 1.29 is 14.7 Å². The van der Waals surface area contributed by atoms with Crippen molar-refractivity contribution >= 4 is 12.0 Å². The van der Waals surface area contributed by atoms with Crippen molar-refractivity contribution in [1.82, 2.24) is 15.5 Å². The Balaban J connectivity index is 1.46. The average molecular weight is 373 g/mol. The van der Waals surface area contributed by atoms with Crippen molar-refractivity contribution in [2.45, 2.75) is 63.5 Å². The number of benzene rings is 1. The first-order valence-corrected chi connectivity index (χ1v) is 10.00. The van der Waals surface area contributed by atoms with Crippen LogP contribution in [0, 0.1) is 0 Å². The second-order valence-electron chi connectivity index (χ2n) is 8.18. The quantitative estimate of drug-likeness (QED) is 0.686. The number of aliphatic carboxylic acids is 1. The molecule has 6 heteroatoms. The van der Waals surface area contributed by atoms with E-state index in [0.717, 1.165) is 32.1 Å². The molecule has 2 aliphatic carbocycles. The van der Waals surface area contributed by atoms with Gasteiger partial charge in [-0.15, -0.1) is 0 Å². The van der Waals surface area contributed by atoms with Gasteiger partial charge in [-0.1, -0.05) is 38.1 Å². The molecule has 1 aromatic carbocycles. The Bertz CT molecular complexity index is 687. The van der Waals surface area contributed by atoms with Crippen molar-refractivity contribution in [3.8, 4) is 0 Å². The third-order valence-corrected chi connectivity index (χ3v) is 6.19. The predicted octanol–water partition coefficient (Wildman–Crippen LogP) is 2.52. The topological polar surface area (TPSA) is 81.7 Å². The Kier molecular flexibility index (Phi) is 6.05. The highest BCUT2D eigenvalue weighted by molar-refractivity contribution is 5.74. The zero-order chi connectivity index (χ0) is 19.4. The molecule has 0 aromatic heterocycles. The van der Waals surface area contributed by atoms with Crippen LogP contribution in [-0.4, -0.2) is 53.7 Å². The van der Waals surface area contributed by atoms with E-state index in [-0.39, 0.29) is 30.1 Å². The van der Waals surface area contributed by atoms with Crippen LogP contribution in [0.1, 0.15) is 50.7 Å². The van der Waals surface area contributed by atoms with E-state index in [4.69, 9.17) is 5.11 Å². The van der Waals surface area contributed by atoms with Crippen LogP contribution in [0.3, 0.4) is 0 Å². The summed E-state index contributed by atoms with van der Waals surface area (Å²) in [6, 6.07) is 8.80. The Hall–Kier alpha value is -2.08. The first-order chi connectivity index (χ1) is 12.9. The van der Waals surface area contributed by atoms with Crippen molar-refractivity contribution in [2.24, 2.45) is 0 Å². The molecule has 1 fully saturated rings. The minimum atomic E-state index is -0.799. The smallest absolute Gasteiger partial charge is 0.317 e. The first kappa shape index (κ1) is 19.7. The van der Waals surface area contributed by atoms with Gasteiger partial charge in [0.2, 0.25) is 0 Å². The van der Waals surface area contributed by atoms with Gasteiger partial charge >= 0.3 is 12.0 Å². The number of carboxylic acid groups (broad SMARTS) is 1. The number of carboxylic acids is 1. The van der Waals surface area contributed by atoms with E-state index in [1.807, 2.05) is 11.8 Å². The number of nitrogens with zero attached hydrogens (tertiary/aromatic N) is 1. The summed E-state index contributed by atoms with van der Waals surface area (Å²) in [5, 5.41) is 15.1. The number of hydrogen-bond acceptors (Lipinski definition) is 3. The standard InChI is InChI=1S/C21H31N3O3/c1-3-24(13-19(25)26)17-11-16(12-17)23-20(27)22-14-21(2)10-6-8-15-7-4-5-9-18(15)21/h4-5,7,9,16-17H,3,6,8,10-14H2,1-2H3,(H,25,26)(H2,22,23,27). The molecule has 1 aromatic rings. The monoisotopic (exact) mass is 373 g/mol. The molecule has 0 saturated heterocycles. The normalized spacial score (nSPS) is 26.8. The summed E-state index contributed by atoms with van der Waals surface area (Å²) in [6.07, 6.45) is 4.98. The van der Waals surface area contributed by atoms with Crippen molar-refractivity contribution in [3.63, 3.8) is 0 Å². The second kappa shape index (κ2) is 8.30. The first-order valence-electron chi connectivity index (χ1n) is 10.00. The number of fused-ring (bicyclic) bond motifs is 1. The summed E-state index contributed by atoms with van der Waals surface area (Å²) in [6.45, 7) is 5.62. The van der Waals surface area contributed by atoms with Crippen molar-refractivity contribution in [3.05, 3.63) is 35.4 Å². The van der Waals surface area contributed by atoms with Gasteiger partial charge in [0.1, 0.15) is 0 Å². The molecule has 6 nitrogen and oxygen atoms in total. The van der Waals surface area contributed by atoms with Crippen molar-refractivity contribution in [1.29, 1.82) is 0 Å². The minimum Gasteiger partial charge on any atom is -0.480 e. The lowest BCUT2D eigenvalue weighted by molar-refractivity contribution is -0.139. The lowest BCUT2D eigenvalue weighted by atomic mass is 9.71. The van der Waals surface area contributed by atoms with Crippen molar-refractivity contribution in [2.75, 3.05) is 19.6 Å². The molecule has 2 aliphatic rings. The maximum Gasteiger partial charge on any atom is 0.317 e. The second-order valence-corrected chi connectivity index (χ2v) is 8.18. The third-order valence-electron chi connectivity index (χ3n) is 6.19. The maximum absolute atomic E-state index is 12.3. The van der Waals surface area contributed by atoms with Gasteiger partial charge in [0, 0.05) is 24.0 Å². The number of nitrogens with one attached hydrogen (secondary N) is 2. The minimum absolute atomic E-state index is 0.0190. The number of urea groups is 1. The van der Waals surface area contributed by atoms with E-state index in [0.29, 0.717) is 13.1 Å². The van der Waals surface area contributed by atoms with E-state index in [9.17, 15) is 9.59 Å². The van der Waals surface area contributed by atoms with Crippen LogP contribution in [-0.2, 0) is 16.6 Å². The highest BCUT2D eigenvalue weighted by Crippen LogP contribution is 2.36. The van der Waals surface area contributed by atoms with Crippen LogP contribution in [0.25, 0.3) is 0 Å². The number of carbonyl (C=O) groups excluding carboxylic acids is 1. The Morgan fingerprint density at radius 1 is 1.30 bits per heavy atom.